The van der Waals surface area contributed by atoms with Gasteiger partial charge < -0.3 is 19.5 Å². The molecule has 2 aromatic rings. The molecule has 0 spiro atoms. The highest BCUT2D eigenvalue weighted by Crippen LogP contribution is 2.26. The number of nitro groups is 1. The highest BCUT2D eigenvalue weighted by Gasteiger charge is 2.19. The van der Waals surface area contributed by atoms with Gasteiger partial charge in [0.25, 0.3) is 11.6 Å². The van der Waals surface area contributed by atoms with Crippen molar-refractivity contribution in [2.45, 2.75) is 19.4 Å². The number of nitro benzene ring substituents is 1. The third-order valence-corrected chi connectivity index (χ3v) is 4.05. The highest BCUT2D eigenvalue weighted by molar-refractivity contribution is 6.34. The second kappa shape index (κ2) is 10.3. The lowest BCUT2D eigenvalue weighted by Gasteiger charge is -2.14. The molecule has 29 heavy (non-hydrogen) atoms. The number of non-ortho nitro benzene ring substituents is 1. The molecule has 0 aliphatic heterocycles. The number of hydrogen-bond donors (Lipinski definition) is 1. The monoisotopic (exact) mass is 422 g/mol. The van der Waals surface area contributed by atoms with Crippen molar-refractivity contribution in [3.63, 3.8) is 0 Å². The number of benzene rings is 2. The predicted molar refractivity (Wildman–Crippen MR) is 105 cm³/mol. The molecule has 2 rings (SSSR count). The van der Waals surface area contributed by atoms with E-state index in [9.17, 15) is 19.7 Å². The number of methoxy groups -OCH3 is 1. The van der Waals surface area contributed by atoms with E-state index in [4.69, 9.17) is 25.8 Å². The number of rotatable bonds is 9. The lowest BCUT2D eigenvalue weighted by molar-refractivity contribution is -0.384. The van der Waals surface area contributed by atoms with Crippen LogP contribution in [0, 0.1) is 10.1 Å². The van der Waals surface area contributed by atoms with Crippen LogP contribution in [-0.2, 0) is 14.3 Å². The number of hydrogen-bond acceptors (Lipinski definition) is 7. The Balaban J connectivity index is 1.79. The standard InChI is InChI=1S/C19H19ClN2O7/c1-12(19(24)21-17-8-3-13(22(25)26)11-16(17)20)29-18(23)9-10-28-15-6-4-14(27-2)5-7-15/h3-8,11-12H,9-10H2,1-2H3,(H,21,24). The number of carbonyl (C=O) groups is 2. The van der Waals surface area contributed by atoms with Gasteiger partial charge in [-0.25, -0.2) is 0 Å². The fourth-order valence-electron chi connectivity index (χ4n) is 2.19. The van der Waals surface area contributed by atoms with Crippen LogP contribution in [0.1, 0.15) is 13.3 Å². The summed E-state index contributed by atoms with van der Waals surface area (Å²) in [6.45, 7) is 1.48. The summed E-state index contributed by atoms with van der Waals surface area (Å²) in [5.41, 5.74) is -0.0302. The van der Waals surface area contributed by atoms with Crippen LogP contribution in [0.15, 0.2) is 42.5 Å². The molecule has 0 heterocycles. The van der Waals surface area contributed by atoms with E-state index in [0.717, 1.165) is 6.07 Å². The van der Waals surface area contributed by atoms with Gasteiger partial charge in [-0.05, 0) is 37.3 Å². The van der Waals surface area contributed by atoms with Crippen molar-refractivity contribution >= 4 is 34.9 Å². The van der Waals surface area contributed by atoms with Gasteiger partial charge in [-0.2, -0.15) is 0 Å². The Labute approximate surface area is 171 Å². The molecule has 10 heteroatoms. The van der Waals surface area contributed by atoms with Crippen LogP contribution in [0.4, 0.5) is 11.4 Å². The summed E-state index contributed by atoms with van der Waals surface area (Å²) in [6, 6.07) is 10.5. The topological polar surface area (TPSA) is 117 Å². The number of nitrogens with one attached hydrogen (secondary N) is 1. The second-order valence-corrected chi connectivity index (χ2v) is 6.22. The maximum Gasteiger partial charge on any atom is 0.310 e. The molecular weight excluding hydrogens is 404 g/mol. The van der Waals surface area contributed by atoms with Crippen molar-refractivity contribution in [3.05, 3.63) is 57.6 Å². The number of carbonyl (C=O) groups excluding carboxylic acids is 2. The summed E-state index contributed by atoms with van der Waals surface area (Å²) in [5, 5.41) is 13.2. The first-order chi connectivity index (χ1) is 13.8. The Morgan fingerprint density at radius 2 is 1.83 bits per heavy atom. The Morgan fingerprint density at radius 1 is 1.17 bits per heavy atom. The smallest absolute Gasteiger partial charge is 0.310 e. The van der Waals surface area contributed by atoms with E-state index in [-0.39, 0.29) is 29.4 Å². The van der Waals surface area contributed by atoms with Gasteiger partial charge in [0, 0.05) is 12.1 Å². The summed E-state index contributed by atoms with van der Waals surface area (Å²) in [6.07, 6.45) is -1.14. The highest BCUT2D eigenvalue weighted by atomic mass is 35.5. The van der Waals surface area contributed by atoms with Gasteiger partial charge >= 0.3 is 5.97 Å². The summed E-state index contributed by atoms with van der Waals surface area (Å²) in [7, 11) is 1.55. The van der Waals surface area contributed by atoms with Gasteiger partial charge in [-0.15, -0.1) is 0 Å². The summed E-state index contributed by atoms with van der Waals surface area (Å²) >= 11 is 5.92. The number of halogens is 1. The van der Waals surface area contributed by atoms with Crippen LogP contribution in [0.25, 0.3) is 0 Å². The molecular formula is C19H19ClN2O7. The van der Waals surface area contributed by atoms with E-state index in [2.05, 4.69) is 5.32 Å². The van der Waals surface area contributed by atoms with E-state index in [1.165, 1.54) is 19.1 Å². The number of ether oxygens (including phenoxy) is 3. The van der Waals surface area contributed by atoms with Crippen LogP contribution in [0.5, 0.6) is 11.5 Å². The van der Waals surface area contributed by atoms with Crippen molar-refractivity contribution in [1.82, 2.24) is 0 Å². The van der Waals surface area contributed by atoms with Crippen molar-refractivity contribution in [3.8, 4) is 11.5 Å². The SMILES string of the molecule is COc1ccc(OCCC(=O)OC(C)C(=O)Nc2ccc([N+](=O)[O-])cc2Cl)cc1. The molecule has 9 nitrogen and oxygen atoms in total. The maximum absolute atomic E-state index is 12.2. The second-order valence-electron chi connectivity index (χ2n) is 5.82. The fraction of sp³-hybridized carbons (Fsp3) is 0.263. The van der Waals surface area contributed by atoms with Gasteiger partial charge in [0.05, 0.1) is 35.8 Å². The summed E-state index contributed by atoms with van der Waals surface area (Å²) in [4.78, 5) is 34.1. The van der Waals surface area contributed by atoms with Crippen molar-refractivity contribution in [2.75, 3.05) is 19.0 Å². The Hall–Kier alpha value is -3.33. The Bertz CT molecular complexity index is 887. The third-order valence-electron chi connectivity index (χ3n) is 3.73. The minimum atomic E-state index is -1.09. The molecule has 0 aliphatic carbocycles. The molecule has 0 radical (unpaired) electrons. The molecule has 1 N–H and O–H groups in total. The minimum Gasteiger partial charge on any atom is -0.497 e. The van der Waals surface area contributed by atoms with Gasteiger partial charge in [-0.3, -0.25) is 19.7 Å². The molecule has 2 aromatic carbocycles. The summed E-state index contributed by atoms with van der Waals surface area (Å²) < 4.78 is 15.5. The van der Waals surface area contributed by atoms with E-state index in [0.29, 0.717) is 11.5 Å². The average molecular weight is 423 g/mol. The van der Waals surface area contributed by atoms with Crippen LogP contribution >= 0.6 is 11.6 Å². The number of esters is 1. The number of anilines is 1. The first kappa shape index (κ1) is 22.0. The fourth-order valence-corrected chi connectivity index (χ4v) is 2.41. The van der Waals surface area contributed by atoms with Gasteiger partial charge in [-0.1, -0.05) is 11.6 Å². The van der Waals surface area contributed by atoms with Crippen molar-refractivity contribution < 1.29 is 28.7 Å². The van der Waals surface area contributed by atoms with Crippen molar-refractivity contribution in [1.29, 1.82) is 0 Å². The predicted octanol–water partition coefficient (Wildman–Crippen LogP) is 3.60. The molecule has 0 bridgehead atoms. The largest absolute Gasteiger partial charge is 0.497 e. The molecule has 0 saturated carbocycles. The van der Waals surface area contributed by atoms with E-state index >= 15 is 0 Å². The molecule has 0 aromatic heterocycles. The minimum absolute atomic E-state index is 0.000955. The molecule has 0 saturated heterocycles. The van der Waals surface area contributed by atoms with Gasteiger partial charge in [0.1, 0.15) is 11.5 Å². The zero-order valence-corrected chi connectivity index (χ0v) is 16.5. The average Bonchev–Trinajstić information content (AvgIpc) is 2.69. The molecule has 154 valence electrons. The summed E-state index contributed by atoms with van der Waals surface area (Å²) in [5.74, 6) is 0.0167. The number of amides is 1. The molecule has 0 fully saturated rings. The normalized spacial score (nSPS) is 11.3. The van der Waals surface area contributed by atoms with Crippen LogP contribution < -0.4 is 14.8 Å². The van der Waals surface area contributed by atoms with Crippen molar-refractivity contribution in [2.24, 2.45) is 0 Å². The quantitative estimate of drug-likeness (QED) is 0.372. The van der Waals surface area contributed by atoms with Gasteiger partial charge in [0.15, 0.2) is 6.10 Å². The Morgan fingerprint density at radius 3 is 2.41 bits per heavy atom. The molecule has 1 amide bonds. The van der Waals surface area contributed by atoms with E-state index < -0.39 is 22.9 Å². The molecule has 0 aliphatic rings. The van der Waals surface area contributed by atoms with Crippen LogP contribution in [0.3, 0.4) is 0 Å². The maximum atomic E-state index is 12.2. The lowest BCUT2D eigenvalue weighted by atomic mass is 10.2. The molecule has 1 atom stereocenters. The first-order valence-electron chi connectivity index (χ1n) is 8.51. The lowest BCUT2D eigenvalue weighted by Crippen LogP contribution is -2.30. The third kappa shape index (κ3) is 6.65. The van der Waals surface area contributed by atoms with E-state index in [1.54, 1.807) is 31.4 Å². The zero-order valence-electron chi connectivity index (χ0n) is 15.7. The van der Waals surface area contributed by atoms with Crippen LogP contribution in [-0.4, -0.2) is 36.6 Å². The molecule has 1 unspecified atom stereocenters. The first-order valence-corrected chi connectivity index (χ1v) is 8.89. The van der Waals surface area contributed by atoms with Crippen LogP contribution in [0.2, 0.25) is 5.02 Å². The van der Waals surface area contributed by atoms with E-state index in [1.807, 2.05) is 0 Å². The Kier molecular flexibility index (Phi) is 7.79. The van der Waals surface area contributed by atoms with Gasteiger partial charge in [0.2, 0.25) is 0 Å². The zero-order chi connectivity index (χ0) is 21.4. The number of nitrogens with zero attached hydrogens (tertiary/aromatic N) is 1.